The number of halogens is 4. The quantitative estimate of drug-likeness (QED) is 0.659. The fraction of sp³-hybridized carbons (Fsp3) is 0.538. The van der Waals surface area contributed by atoms with Gasteiger partial charge in [0.25, 0.3) is 0 Å². The van der Waals surface area contributed by atoms with Gasteiger partial charge in [-0.15, -0.1) is 0 Å². The largest absolute Gasteiger partial charge is 0.433 e. The molecule has 1 aromatic carbocycles. The molecule has 0 aliphatic rings. The van der Waals surface area contributed by atoms with Crippen molar-refractivity contribution >= 4 is 27.5 Å². The zero-order valence-electron chi connectivity index (χ0n) is 10.6. The van der Waals surface area contributed by atoms with E-state index in [0.717, 1.165) is 12.8 Å². The molecule has 5 heteroatoms. The summed E-state index contributed by atoms with van der Waals surface area (Å²) in [4.78, 5) is 0. The lowest BCUT2D eigenvalue weighted by Gasteiger charge is -2.27. The minimum Gasteiger partial charge on any atom is -0.433 e. The summed E-state index contributed by atoms with van der Waals surface area (Å²) in [7, 11) is 0. The number of benzene rings is 1. The fourth-order valence-corrected chi connectivity index (χ4v) is 2.55. The molecule has 0 saturated carbocycles. The number of rotatable bonds is 5. The first-order valence-corrected chi connectivity index (χ1v) is 6.90. The van der Waals surface area contributed by atoms with Crippen LogP contribution in [-0.2, 0) is 5.41 Å². The Morgan fingerprint density at radius 3 is 2.50 bits per heavy atom. The van der Waals surface area contributed by atoms with Crippen LogP contribution in [0.1, 0.15) is 39.2 Å². The molecule has 0 spiro atoms. The second-order valence-electron chi connectivity index (χ2n) is 4.75. The van der Waals surface area contributed by atoms with E-state index in [9.17, 15) is 8.78 Å². The van der Waals surface area contributed by atoms with E-state index in [2.05, 4.69) is 27.6 Å². The van der Waals surface area contributed by atoms with E-state index >= 15 is 0 Å². The van der Waals surface area contributed by atoms with Crippen LogP contribution in [0.3, 0.4) is 0 Å². The summed E-state index contributed by atoms with van der Waals surface area (Å²) in [5, 5.41) is 0.192. The fourth-order valence-electron chi connectivity index (χ4n) is 2.03. The third-order valence-electron chi connectivity index (χ3n) is 2.86. The van der Waals surface area contributed by atoms with Crippen LogP contribution in [-0.4, -0.2) is 6.61 Å². The Morgan fingerprint density at radius 1 is 1.39 bits per heavy atom. The lowest BCUT2D eigenvalue weighted by molar-refractivity contribution is -0.0509. The van der Waals surface area contributed by atoms with Crippen LogP contribution in [0.5, 0.6) is 5.75 Å². The van der Waals surface area contributed by atoms with Crippen molar-refractivity contribution in [2.75, 3.05) is 0 Å². The van der Waals surface area contributed by atoms with E-state index in [-0.39, 0.29) is 16.2 Å². The van der Waals surface area contributed by atoms with Crippen molar-refractivity contribution in [3.63, 3.8) is 0 Å². The van der Waals surface area contributed by atoms with Gasteiger partial charge in [0.15, 0.2) is 0 Å². The third-order valence-corrected chi connectivity index (χ3v) is 4.13. The van der Waals surface area contributed by atoms with Gasteiger partial charge in [0.2, 0.25) is 0 Å². The van der Waals surface area contributed by atoms with Gasteiger partial charge in [-0.1, -0.05) is 44.9 Å². The number of alkyl halides is 2. The van der Waals surface area contributed by atoms with Crippen molar-refractivity contribution in [2.45, 2.75) is 45.6 Å². The Kier molecular flexibility index (Phi) is 5.41. The van der Waals surface area contributed by atoms with Crippen molar-refractivity contribution in [1.82, 2.24) is 0 Å². The Hall–Kier alpha value is -0.350. The molecule has 0 bridgehead atoms. The van der Waals surface area contributed by atoms with E-state index in [1.165, 1.54) is 0 Å². The van der Waals surface area contributed by atoms with E-state index in [4.69, 9.17) is 11.6 Å². The standard InChI is InChI=1S/C13H16BrClF2O/c1-4-7-13(2,3)8-5-6-9(14)10(15)11(8)18-12(16)17/h5-6,12H,4,7H2,1-3H3. The molecular formula is C13H16BrClF2O. The van der Waals surface area contributed by atoms with Gasteiger partial charge < -0.3 is 4.74 Å². The average molecular weight is 342 g/mol. The van der Waals surface area contributed by atoms with Crippen LogP contribution in [0, 0.1) is 0 Å². The highest BCUT2D eigenvalue weighted by Crippen LogP contribution is 2.43. The van der Waals surface area contributed by atoms with E-state index in [1.807, 2.05) is 13.8 Å². The second-order valence-corrected chi connectivity index (χ2v) is 5.98. The minimum atomic E-state index is -2.88. The zero-order chi connectivity index (χ0) is 13.9. The predicted molar refractivity (Wildman–Crippen MR) is 73.7 cm³/mol. The molecular weight excluding hydrogens is 325 g/mol. The van der Waals surface area contributed by atoms with Crippen LogP contribution >= 0.6 is 27.5 Å². The molecule has 0 fully saturated rings. The van der Waals surface area contributed by atoms with Crippen molar-refractivity contribution in [3.8, 4) is 5.75 Å². The van der Waals surface area contributed by atoms with E-state index < -0.39 is 6.61 Å². The van der Waals surface area contributed by atoms with Crippen LogP contribution in [0.15, 0.2) is 16.6 Å². The maximum atomic E-state index is 12.5. The summed E-state index contributed by atoms with van der Waals surface area (Å²) in [5.74, 6) is 0.0690. The predicted octanol–water partition coefficient (Wildman–Crippen LogP) is 5.78. The first-order valence-electron chi connectivity index (χ1n) is 5.73. The first-order chi connectivity index (χ1) is 8.29. The molecule has 0 amide bonds. The van der Waals surface area contributed by atoms with Crippen LogP contribution in [0.2, 0.25) is 5.02 Å². The summed E-state index contributed by atoms with van der Waals surface area (Å²) in [5.41, 5.74) is 0.446. The molecule has 0 aliphatic carbocycles. The lowest BCUT2D eigenvalue weighted by atomic mass is 9.80. The summed E-state index contributed by atoms with van der Waals surface area (Å²) in [6, 6.07) is 3.54. The smallest absolute Gasteiger partial charge is 0.387 e. The van der Waals surface area contributed by atoms with Gasteiger partial charge in [0, 0.05) is 10.0 Å². The Bertz CT molecular complexity index is 422. The minimum absolute atomic E-state index is 0.0690. The van der Waals surface area contributed by atoms with Crippen molar-refractivity contribution in [2.24, 2.45) is 0 Å². The Labute approximate surface area is 120 Å². The maximum Gasteiger partial charge on any atom is 0.387 e. The van der Waals surface area contributed by atoms with Gasteiger partial charge >= 0.3 is 6.61 Å². The molecule has 0 unspecified atom stereocenters. The average Bonchev–Trinajstić information content (AvgIpc) is 2.24. The summed E-state index contributed by atoms with van der Waals surface area (Å²) in [6.07, 6.45) is 1.82. The molecule has 0 heterocycles. The van der Waals surface area contributed by atoms with Gasteiger partial charge in [0.05, 0.1) is 5.02 Å². The highest BCUT2D eigenvalue weighted by Gasteiger charge is 2.27. The molecule has 18 heavy (non-hydrogen) atoms. The molecule has 0 atom stereocenters. The first kappa shape index (κ1) is 15.7. The number of ether oxygens (including phenoxy) is 1. The summed E-state index contributed by atoms with van der Waals surface area (Å²) >= 11 is 9.26. The molecule has 1 rings (SSSR count). The van der Waals surface area contributed by atoms with Gasteiger partial charge in [-0.05, 0) is 33.8 Å². The second kappa shape index (κ2) is 6.20. The van der Waals surface area contributed by atoms with E-state index in [0.29, 0.717) is 10.0 Å². The van der Waals surface area contributed by atoms with Crippen LogP contribution in [0.4, 0.5) is 8.78 Å². The molecule has 0 N–H and O–H groups in total. The molecule has 1 nitrogen and oxygen atoms in total. The maximum absolute atomic E-state index is 12.5. The highest BCUT2D eigenvalue weighted by molar-refractivity contribution is 9.10. The Balaban J connectivity index is 3.30. The molecule has 0 aliphatic heterocycles. The molecule has 1 aromatic rings. The zero-order valence-corrected chi connectivity index (χ0v) is 12.9. The topological polar surface area (TPSA) is 9.23 Å². The third kappa shape index (κ3) is 3.58. The van der Waals surface area contributed by atoms with Crippen LogP contribution < -0.4 is 4.74 Å². The number of hydrogen-bond donors (Lipinski definition) is 0. The van der Waals surface area contributed by atoms with Gasteiger partial charge in [-0.2, -0.15) is 8.78 Å². The molecule has 0 aromatic heterocycles. The summed E-state index contributed by atoms with van der Waals surface area (Å²) < 4.78 is 30.1. The SMILES string of the molecule is CCCC(C)(C)c1ccc(Br)c(Cl)c1OC(F)F. The van der Waals surface area contributed by atoms with Gasteiger partial charge in [0.1, 0.15) is 5.75 Å². The number of hydrogen-bond acceptors (Lipinski definition) is 1. The molecule has 102 valence electrons. The van der Waals surface area contributed by atoms with E-state index in [1.54, 1.807) is 12.1 Å². The molecule has 0 saturated heterocycles. The van der Waals surface area contributed by atoms with Crippen LogP contribution in [0.25, 0.3) is 0 Å². The summed E-state index contributed by atoms with van der Waals surface area (Å²) in [6.45, 7) is 3.16. The Morgan fingerprint density at radius 2 is 2.00 bits per heavy atom. The highest BCUT2D eigenvalue weighted by atomic mass is 79.9. The van der Waals surface area contributed by atoms with Gasteiger partial charge in [-0.25, -0.2) is 0 Å². The van der Waals surface area contributed by atoms with Gasteiger partial charge in [-0.3, -0.25) is 0 Å². The lowest BCUT2D eigenvalue weighted by Crippen LogP contribution is -2.19. The van der Waals surface area contributed by atoms with Crippen molar-refractivity contribution < 1.29 is 13.5 Å². The normalized spacial score (nSPS) is 12.0. The van der Waals surface area contributed by atoms with Crippen molar-refractivity contribution in [1.29, 1.82) is 0 Å². The molecule has 0 radical (unpaired) electrons. The van der Waals surface area contributed by atoms with Crippen molar-refractivity contribution in [3.05, 3.63) is 27.2 Å². The monoisotopic (exact) mass is 340 g/mol.